The fourth-order valence-electron chi connectivity index (χ4n) is 3.04. The predicted octanol–water partition coefficient (Wildman–Crippen LogP) is 4.72. The van der Waals surface area contributed by atoms with E-state index in [-0.39, 0.29) is 28.8 Å². The maximum Gasteiger partial charge on any atom is 0.340 e. The van der Waals surface area contributed by atoms with Gasteiger partial charge in [0.2, 0.25) is 5.91 Å². The molecule has 7 nitrogen and oxygen atoms in total. The Morgan fingerprint density at radius 3 is 2.12 bits per heavy atom. The molecule has 0 saturated carbocycles. The Bertz CT molecular complexity index is 1140. The van der Waals surface area contributed by atoms with Crippen molar-refractivity contribution in [2.45, 2.75) is 19.8 Å². The highest BCUT2D eigenvalue weighted by Gasteiger charge is 2.17. The van der Waals surface area contributed by atoms with E-state index in [2.05, 4.69) is 10.6 Å². The lowest BCUT2D eigenvalue weighted by Crippen LogP contribution is -2.18. The molecule has 0 saturated heterocycles. The SMILES string of the molecule is CCCC(=O)Nc1ccc(C(=O)COC(=O)c2ccccc2NC(=O)c2ccccc2)cc1. The number of para-hydroxylation sites is 1. The van der Waals surface area contributed by atoms with Crippen LogP contribution in [0.1, 0.15) is 50.8 Å². The Morgan fingerprint density at radius 1 is 0.758 bits per heavy atom. The predicted molar refractivity (Wildman–Crippen MR) is 125 cm³/mol. The highest BCUT2D eigenvalue weighted by atomic mass is 16.5. The van der Waals surface area contributed by atoms with Crippen LogP contribution < -0.4 is 10.6 Å². The molecule has 3 rings (SSSR count). The van der Waals surface area contributed by atoms with Gasteiger partial charge in [0.1, 0.15) is 0 Å². The minimum absolute atomic E-state index is 0.0940. The summed E-state index contributed by atoms with van der Waals surface area (Å²) < 4.78 is 5.19. The summed E-state index contributed by atoms with van der Waals surface area (Å²) in [5.41, 5.74) is 1.82. The molecule has 0 aliphatic rings. The second-order valence-electron chi connectivity index (χ2n) is 7.24. The lowest BCUT2D eigenvalue weighted by molar-refractivity contribution is -0.116. The number of amides is 2. The summed E-state index contributed by atoms with van der Waals surface area (Å²) >= 11 is 0. The fraction of sp³-hybridized carbons (Fsp3) is 0.154. The number of carbonyl (C=O) groups is 4. The van der Waals surface area contributed by atoms with E-state index in [9.17, 15) is 19.2 Å². The molecule has 0 radical (unpaired) electrons. The zero-order valence-corrected chi connectivity index (χ0v) is 18.2. The summed E-state index contributed by atoms with van der Waals surface area (Å²) in [4.78, 5) is 49.1. The van der Waals surface area contributed by atoms with Crippen LogP contribution in [-0.2, 0) is 9.53 Å². The van der Waals surface area contributed by atoms with Gasteiger partial charge in [-0.2, -0.15) is 0 Å². The van der Waals surface area contributed by atoms with E-state index >= 15 is 0 Å². The second kappa shape index (κ2) is 11.4. The van der Waals surface area contributed by atoms with Crippen LogP contribution in [0.25, 0.3) is 0 Å². The molecule has 0 aliphatic heterocycles. The Morgan fingerprint density at radius 2 is 1.42 bits per heavy atom. The van der Waals surface area contributed by atoms with E-state index in [1.165, 1.54) is 6.07 Å². The molecule has 0 spiro atoms. The van der Waals surface area contributed by atoms with Gasteiger partial charge in [0.25, 0.3) is 5.91 Å². The molecule has 0 bridgehead atoms. The summed E-state index contributed by atoms with van der Waals surface area (Å²) in [6.45, 7) is 1.46. The maximum atomic E-state index is 12.6. The Balaban J connectivity index is 1.60. The number of carbonyl (C=O) groups excluding carboxylic acids is 4. The molecule has 0 fully saturated rings. The number of anilines is 2. The molecule has 7 heteroatoms. The van der Waals surface area contributed by atoms with Crippen molar-refractivity contribution in [3.63, 3.8) is 0 Å². The van der Waals surface area contributed by atoms with Crippen molar-refractivity contribution in [3.8, 4) is 0 Å². The second-order valence-corrected chi connectivity index (χ2v) is 7.24. The van der Waals surface area contributed by atoms with Crippen LogP contribution in [0.3, 0.4) is 0 Å². The minimum atomic E-state index is -0.726. The number of ether oxygens (including phenoxy) is 1. The van der Waals surface area contributed by atoms with Crippen molar-refractivity contribution < 1.29 is 23.9 Å². The first-order valence-electron chi connectivity index (χ1n) is 10.5. The number of rotatable bonds is 9. The standard InChI is InChI=1S/C26H24N2O5/c1-2-8-24(30)27-20-15-13-18(14-16-20)23(29)17-33-26(32)21-11-6-7-12-22(21)28-25(31)19-9-4-3-5-10-19/h3-7,9-16H,2,8,17H2,1H3,(H,27,30)(H,28,31). The third-order valence-corrected chi connectivity index (χ3v) is 4.73. The fourth-order valence-corrected chi connectivity index (χ4v) is 3.04. The van der Waals surface area contributed by atoms with E-state index in [1.807, 2.05) is 6.92 Å². The lowest BCUT2D eigenvalue weighted by Gasteiger charge is -2.11. The number of ketones is 1. The van der Waals surface area contributed by atoms with E-state index < -0.39 is 12.6 Å². The van der Waals surface area contributed by atoms with Gasteiger partial charge in [-0.3, -0.25) is 14.4 Å². The van der Waals surface area contributed by atoms with E-state index in [0.29, 0.717) is 23.2 Å². The lowest BCUT2D eigenvalue weighted by atomic mass is 10.1. The number of Topliss-reactive ketones (excluding diaryl/α,β-unsaturated/α-hetero) is 1. The summed E-state index contributed by atoms with van der Waals surface area (Å²) in [6.07, 6.45) is 1.16. The number of hydrogen-bond acceptors (Lipinski definition) is 5. The Hall–Kier alpha value is -4.26. The third-order valence-electron chi connectivity index (χ3n) is 4.73. The summed E-state index contributed by atoms with van der Waals surface area (Å²) in [5.74, 6) is -1.57. The van der Waals surface area contributed by atoms with Crippen LogP contribution in [0.15, 0.2) is 78.9 Å². The third kappa shape index (κ3) is 6.61. The highest BCUT2D eigenvalue weighted by Crippen LogP contribution is 2.18. The average molecular weight is 444 g/mol. The summed E-state index contributed by atoms with van der Waals surface area (Å²) in [6, 6.07) is 21.4. The largest absolute Gasteiger partial charge is 0.454 e. The van der Waals surface area contributed by atoms with Gasteiger partial charge in [-0.05, 0) is 55.0 Å². The first-order valence-corrected chi connectivity index (χ1v) is 10.5. The van der Waals surface area contributed by atoms with Gasteiger partial charge in [0.05, 0.1) is 11.3 Å². The monoisotopic (exact) mass is 444 g/mol. The summed E-state index contributed by atoms with van der Waals surface area (Å²) in [7, 11) is 0. The first kappa shape index (κ1) is 23.4. The normalized spacial score (nSPS) is 10.2. The van der Waals surface area contributed by atoms with Crippen molar-refractivity contribution in [1.82, 2.24) is 0 Å². The van der Waals surface area contributed by atoms with Crippen LogP contribution in [-0.4, -0.2) is 30.2 Å². The highest BCUT2D eigenvalue weighted by molar-refractivity contribution is 6.08. The summed E-state index contributed by atoms with van der Waals surface area (Å²) in [5, 5.41) is 5.44. The van der Waals surface area contributed by atoms with Crippen LogP contribution in [0.5, 0.6) is 0 Å². The maximum absolute atomic E-state index is 12.6. The molecule has 33 heavy (non-hydrogen) atoms. The molecule has 0 aromatic heterocycles. The molecular formula is C26H24N2O5. The van der Waals surface area contributed by atoms with Crippen molar-refractivity contribution >= 4 is 34.9 Å². The van der Waals surface area contributed by atoms with Crippen LogP contribution in [0.2, 0.25) is 0 Å². The molecule has 0 unspecified atom stereocenters. The van der Waals surface area contributed by atoms with Crippen molar-refractivity contribution in [2.24, 2.45) is 0 Å². The van der Waals surface area contributed by atoms with Gasteiger partial charge in [0.15, 0.2) is 12.4 Å². The zero-order valence-electron chi connectivity index (χ0n) is 18.2. The number of benzene rings is 3. The van der Waals surface area contributed by atoms with Crippen LogP contribution in [0, 0.1) is 0 Å². The number of esters is 1. The quantitative estimate of drug-likeness (QED) is 0.367. The number of nitrogens with one attached hydrogen (secondary N) is 2. The molecular weight excluding hydrogens is 420 g/mol. The van der Waals surface area contributed by atoms with Gasteiger partial charge in [-0.1, -0.05) is 37.3 Å². The molecule has 0 heterocycles. The molecule has 3 aromatic carbocycles. The Labute approximate surface area is 191 Å². The average Bonchev–Trinajstić information content (AvgIpc) is 2.84. The van der Waals surface area contributed by atoms with Crippen molar-refractivity contribution in [1.29, 1.82) is 0 Å². The topological polar surface area (TPSA) is 102 Å². The van der Waals surface area contributed by atoms with Crippen molar-refractivity contribution in [2.75, 3.05) is 17.2 Å². The van der Waals surface area contributed by atoms with Crippen LogP contribution in [0.4, 0.5) is 11.4 Å². The first-order chi connectivity index (χ1) is 16.0. The number of hydrogen-bond donors (Lipinski definition) is 2. The van der Waals surface area contributed by atoms with Gasteiger partial charge in [-0.25, -0.2) is 4.79 Å². The molecule has 0 atom stereocenters. The van der Waals surface area contributed by atoms with Crippen molar-refractivity contribution in [3.05, 3.63) is 95.6 Å². The molecule has 0 aliphatic carbocycles. The van der Waals surface area contributed by atoms with Gasteiger partial charge in [-0.15, -0.1) is 0 Å². The van der Waals surface area contributed by atoms with E-state index in [0.717, 1.165) is 6.42 Å². The molecule has 168 valence electrons. The minimum Gasteiger partial charge on any atom is -0.454 e. The van der Waals surface area contributed by atoms with Crippen LogP contribution >= 0.6 is 0 Å². The van der Waals surface area contributed by atoms with Gasteiger partial charge >= 0.3 is 5.97 Å². The molecule has 2 N–H and O–H groups in total. The van der Waals surface area contributed by atoms with E-state index in [1.54, 1.807) is 72.8 Å². The van der Waals surface area contributed by atoms with Gasteiger partial charge in [0, 0.05) is 23.2 Å². The zero-order chi connectivity index (χ0) is 23.6. The molecule has 3 aromatic rings. The van der Waals surface area contributed by atoms with Gasteiger partial charge < -0.3 is 15.4 Å². The smallest absolute Gasteiger partial charge is 0.340 e. The van der Waals surface area contributed by atoms with E-state index in [4.69, 9.17) is 4.74 Å². The Kier molecular flexibility index (Phi) is 8.07. The molecule has 2 amide bonds.